The number of nitrogens with zero attached hydrogens (tertiary/aromatic N) is 5. The van der Waals surface area contributed by atoms with Crippen LogP contribution in [0.3, 0.4) is 0 Å². The number of piperidine rings is 1. The summed E-state index contributed by atoms with van der Waals surface area (Å²) in [6.07, 6.45) is 5.24. The topological polar surface area (TPSA) is 75.6 Å². The highest BCUT2D eigenvalue weighted by Crippen LogP contribution is 2.38. The predicted molar refractivity (Wildman–Crippen MR) is 134 cm³/mol. The van der Waals surface area contributed by atoms with Crippen LogP contribution >= 0.6 is 0 Å². The summed E-state index contributed by atoms with van der Waals surface area (Å²) in [5.74, 6) is 1.52. The third kappa shape index (κ3) is 4.10. The maximum Gasteiger partial charge on any atom is 0.145 e. The number of hydrogen-bond acceptors (Lipinski definition) is 8. The minimum absolute atomic E-state index is 0.331. The minimum Gasteiger partial charge on any atom is -0.491 e. The van der Waals surface area contributed by atoms with Crippen molar-refractivity contribution >= 4 is 39.0 Å². The third-order valence-corrected chi connectivity index (χ3v) is 6.47. The van der Waals surface area contributed by atoms with Crippen LogP contribution in [0.1, 0.15) is 6.42 Å². The Hall–Kier alpha value is -3.49. The molecule has 2 atom stereocenters. The molecule has 1 N–H and O–H groups in total. The molecule has 2 unspecified atom stereocenters. The van der Waals surface area contributed by atoms with Gasteiger partial charge in [-0.05, 0) is 44.4 Å². The second kappa shape index (κ2) is 8.70. The van der Waals surface area contributed by atoms with Gasteiger partial charge in [-0.25, -0.2) is 9.97 Å². The lowest BCUT2D eigenvalue weighted by molar-refractivity contribution is -0.133. The molecular formula is C26H28N6O2. The van der Waals surface area contributed by atoms with Gasteiger partial charge in [0, 0.05) is 55.1 Å². The molecule has 3 saturated heterocycles. The molecule has 3 fully saturated rings. The van der Waals surface area contributed by atoms with E-state index in [9.17, 15) is 0 Å². The summed E-state index contributed by atoms with van der Waals surface area (Å²) < 4.78 is 12.2. The summed E-state index contributed by atoms with van der Waals surface area (Å²) in [6, 6.07) is 14.4. The number of ether oxygens (including phenoxy) is 2. The van der Waals surface area contributed by atoms with E-state index >= 15 is 0 Å². The van der Waals surface area contributed by atoms with E-state index in [0.29, 0.717) is 18.8 Å². The fraction of sp³-hybridized carbons (Fsp3) is 0.346. The van der Waals surface area contributed by atoms with Crippen LogP contribution in [0.4, 0.5) is 17.2 Å². The van der Waals surface area contributed by atoms with Crippen LogP contribution < -0.4 is 15.0 Å². The van der Waals surface area contributed by atoms with E-state index in [1.165, 1.54) is 0 Å². The number of pyridine rings is 1. The number of fused-ring (bicyclic) bond motifs is 4. The average molecular weight is 457 g/mol. The highest BCUT2D eigenvalue weighted by Gasteiger charge is 2.38. The van der Waals surface area contributed by atoms with Crippen molar-refractivity contribution in [1.29, 1.82) is 0 Å². The Morgan fingerprint density at radius 1 is 1.06 bits per heavy atom. The Bertz CT molecular complexity index is 1330. The summed E-state index contributed by atoms with van der Waals surface area (Å²) in [5.41, 5.74) is 3.88. The number of hydrogen-bond donors (Lipinski definition) is 1. The molecule has 4 aromatic rings. The Morgan fingerprint density at radius 3 is 2.74 bits per heavy atom. The molecule has 8 heteroatoms. The molecule has 0 spiro atoms. The Morgan fingerprint density at radius 2 is 1.91 bits per heavy atom. The van der Waals surface area contributed by atoms with Crippen molar-refractivity contribution < 1.29 is 9.47 Å². The van der Waals surface area contributed by atoms with Crippen molar-refractivity contribution in [2.45, 2.75) is 18.6 Å². The number of benzene rings is 2. The van der Waals surface area contributed by atoms with Crippen molar-refractivity contribution in [2.24, 2.45) is 0 Å². The third-order valence-electron chi connectivity index (χ3n) is 6.47. The van der Waals surface area contributed by atoms with Crippen LogP contribution in [-0.4, -0.2) is 72.4 Å². The molecule has 7 rings (SSSR count). The molecule has 174 valence electrons. The molecule has 2 aromatic carbocycles. The number of rotatable bonds is 7. The van der Waals surface area contributed by atoms with Gasteiger partial charge in [-0.1, -0.05) is 6.07 Å². The first kappa shape index (κ1) is 21.1. The van der Waals surface area contributed by atoms with Gasteiger partial charge in [0.05, 0.1) is 28.6 Å². The Balaban J connectivity index is 1.38. The van der Waals surface area contributed by atoms with Crippen LogP contribution in [0.2, 0.25) is 0 Å². The number of aromatic nitrogens is 3. The number of nitrogens with one attached hydrogen (secondary N) is 1. The molecule has 0 aliphatic carbocycles. The summed E-state index contributed by atoms with van der Waals surface area (Å²) in [4.78, 5) is 18.1. The fourth-order valence-corrected chi connectivity index (χ4v) is 4.73. The highest BCUT2D eigenvalue weighted by molar-refractivity contribution is 5.98. The van der Waals surface area contributed by atoms with Gasteiger partial charge in [0.15, 0.2) is 0 Å². The van der Waals surface area contributed by atoms with E-state index in [-0.39, 0.29) is 0 Å². The second-order valence-electron chi connectivity index (χ2n) is 9.27. The molecule has 3 aliphatic rings. The molecule has 5 heterocycles. The lowest BCUT2D eigenvalue weighted by atomic mass is 9.98. The smallest absolute Gasteiger partial charge is 0.145 e. The summed E-state index contributed by atoms with van der Waals surface area (Å²) in [5, 5.41) is 5.44. The van der Waals surface area contributed by atoms with Gasteiger partial charge >= 0.3 is 0 Å². The largest absolute Gasteiger partial charge is 0.491 e. The van der Waals surface area contributed by atoms with Gasteiger partial charge in [0.2, 0.25) is 0 Å². The van der Waals surface area contributed by atoms with E-state index in [0.717, 1.165) is 70.8 Å². The van der Waals surface area contributed by atoms with Crippen molar-refractivity contribution in [1.82, 2.24) is 19.9 Å². The van der Waals surface area contributed by atoms with Gasteiger partial charge in [-0.3, -0.25) is 4.98 Å². The van der Waals surface area contributed by atoms with Crippen LogP contribution in [0.15, 0.2) is 55.0 Å². The molecule has 3 aliphatic heterocycles. The maximum absolute atomic E-state index is 6.32. The monoisotopic (exact) mass is 456 g/mol. The Kier molecular flexibility index (Phi) is 5.39. The molecule has 2 bridgehead atoms. The maximum atomic E-state index is 6.32. The lowest BCUT2D eigenvalue weighted by Gasteiger charge is -2.48. The molecule has 0 radical (unpaired) electrons. The van der Waals surface area contributed by atoms with Crippen molar-refractivity contribution in [2.75, 3.05) is 50.6 Å². The zero-order valence-corrected chi connectivity index (χ0v) is 19.4. The molecule has 0 amide bonds. The van der Waals surface area contributed by atoms with E-state index in [4.69, 9.17) is 9.47 Å². The van der Waals surface area contributed by atoms with E-state index in [1.807, 2.05) is 32.3 Å². The first-order valence-electron chi connectivity index (χ1n) is 11.7. The van der Waals surface area contributed by atoms with Crippen LogP contribution in [0.5, 0.6) is 5.75 Å². The fourth-order valence-electron chi connectivity index (χ4n) is 4.73. The van der Waals surface area contributed by atoms with Gasteiger partial charge < -0.3 is 24.6 Å². The van der Waals surface area contributed by atoms with Gasteiger partial charge in [0.1, 0.15) is 24.5 Å². The second-order valence-corrected chi connectivity index (χ2v) is 9.27. The molecule has 0 saturated carbocycles. The molecule has 8 nitrogen and oxygen atoms in total. The molecule has 34 heavy (non-hydrogen) atoms. The SMILES string of the molecule is CN(C)CCOc1cc(N2CC3CC(C2)O3)cc2ncnc(Nc3ccc4ncccc4c3)c12. The number of likely N-dealkylation sites (N-methyl/N-ethyl adjacent to an activating group) is 1. The van der Waals surface area contributed by atoms with Gasteiger partial charge in [-0.15, -0.1) is 0 Å². The standard InChI is InChI=1S/C26H28N6O2/c1-31(2)8-9-33-24-12-19(32-14-20-13-21(15-32)34-20)11-23-25(24)26(29-16-28-23)30-18-5-6-22-17(10-18)4-3-7-27-22/h3-7,10-12,16,20-21H,8-9,13-15H2,1-2H3,(H,28,29,30). The minimum atomic E-state index is 0.331. The first-order valence-corrected chi connectivity index (χ1v) is 11.7. The van der Waals surface area contributed by atoms with E-state index in [2.05, 4.69) is 54.3 Å². The van der Waals surface area contributed by atoms with E-state index < -0.39 is 0 Å². The van der Waals surface area contributed by atoms with Gasteiger partial charge in [-0.2, -0.15) is 0 Å². The average Bonchev–Trinajstić information content (AvgIpc) is 2.83. The summed E-state index contributed by atoms with van der Waals surface area (Å²) in [7, 11) is 4.09. The summed E-state index contributed by atoms with van der Waals surface area (Å²) in [6.45, 7) is 3.21. The van der Waals surface area contributed by atoms with Crippen LogP contribution in [0.25, 0.3) is 21.8 Å². The lowest BCUT2D eigenvalue weighted by Crippen LogP contribution is -2.57. The highest BCUT2D eigenvalue weighted by atomic mass is 16.5. The normalized spacial score (nSPS) is 19.4. The number of morpholine rings is 1. The van der Waals surface area contributed by atoms with Crippen molar-refractivity contribution in [3.63, 3.8) is 0 Å². The number of anilines is 3. The van der Waals surface area contributed by atoms with Crippen LogP contribution in [-0.2, 0) is 4.74 Å². The van der Waals surface area contributed by atoms with Gasteiger partial charge in [0.25, 0.3) is 0 Å². The van der Waals surface area contributed by atoms with E-state index in [1.54, 1.807) is 12.5 Å². The van der Waals surface area contributed by atoms with Crippen LogP contribution in [0, 0.1) is 0 Å². The summed E-state index contributed by atoms with van der Waals surface area (Å²) >= 11 is 0. The molecular weight excluding hydrogens is 428 g/mol. The molecule has 2 aromatic heterocycles. The van der Waals surface area contributed by atoms with Crippen molar-refractivity contribution in [3.8, 4) is 5.75 Å². The zero-order chi connectivity index (χ0) is 23.1. The Labute approximate surface area is 198 Å². The van der Waals surface area contributed by atoms with Crippen molar-refractivity contribution in [3.05, 3.63) is 55.0 Å². The first-order chi connectivity index (χ1) is 16.6. The quantitative estimate of drug-likeness (QED) is 0.450. The zero-order valence-electron chi connectivity index (χ0n) is 19.4. The predicted octanol–water partition coefficient (Wildman–Crippen LogP) is 3.84.